The maximum Gasteiger partial charge on any atom is 0.102 e. The van der Waals surface area contributed by atoms with Crippen LogP contribution in [0.15, 0.2) is 24.3 Å². The van der Waals surface area contributed by atoms with Crippen molar-refractivity contribution in [2.45, 2.75) is 19.6 Å². The second-order valence-electron chi connectivity index (χ2n) is 3.35. The first kappa shape index (κ1) is 12.2. The van der Waals surface area contributed by atoms with E-state index in [1.807, 2.05) is 31.2 Å². The van der Waals surface area contributed by atoms with Gasteiger partial charge in [0.25, 0.3) is 0 Å². The Labute approximate surface area is 90.6 Å². The lowest BCUT2D eigenvalue weighted by Gasteiger charge is -2.11. The summed E-state index contributed by atoms with van der Waals surface area (Å²) in [4.78, 5) is 0. The minimum atomic E-state index is -0.554. The molecule has 0 heterocycles. The molecule has 1 aromatic rings. The van der Waals surface area contributed by atoms with E-state index in [0.29, 0.717) is 19.8 Å². The molecule has 1 unspecified atom stereocenters. The van der Waals surface area contributed by atoms with Crippen molar-refractivity contribution >= 4 is 0 Å². The highest BCUT2D eigenvalue weighted by Crippen LogP contribution is 2.15. The van der Waals surface area contributed by atoms with Crippen LogP contribution in [-0.2, 0) is 16.1 Å². The molecule has 1 atom stereocenters. The summed E-state index contributed by atoms with van der Waals surface area (Å²) in [7, 11) is 1.66. The van der Waals surface area contributed by atoms with Gasteiger partial charge in [0.05, 0.1) is 13.2 Å². The van der Waals surface area contributed by atoms with E-state index in [1.165, 1.54) is 0 Å². The van der Waals surface area contributed by atoms with E-state index < -0.39 is 6.10 Å². The summed E-state index contributed by atoms with van der Waals surface area (Å²) < 4.78 is 10.2. The second kappa shape index (κ2) is 6.56. The molecule has 3 nitrogen and oxygen atoms in total. The molecule has 0 saturated carbocycles. The van der Waals surface area contributed by atoms with E-state index in [-0.39, 0.29) is 0 Å². The molecule has 0 aliphatic heterocycles. The van der Waals surface area contributed by atoms with Crippen LogP contribution in [0, 0.1) is 0 Å². The summed E-state index contributed by atoms with van der Waals surface area (Å²) in [6, 6.07) is 7.72. The molecule has 0 amide bonds. The third-order valence-electron chi connectivity index (χ3n) is 2.13. The lowest BCUT2D eigenvalue weighted by Crippen LogP contribution is -2.07. The van der Waals surface area contributed by atoms with Crippen LogP contribution in [0.25, 0.3) is 0 Å². The fraction of sp³-hybridized carbons (Fsp3) is 0.500. The molecule has 3 heteroatoms. The smallest absolute Gasteiger partial charge is 0.102 e. The lowest BCUT2D eigenvalue weighted by molar-refractivity contribution is 0.0419. The molecule has 0 aromatic heterocycles. The predicted octanol–water partition coefficient (Wildman–Crippen LogP) is 1.90. The standard InChI is InChI=1S/C12H18O3/c1-3-15-9-12(13)11-6-4-5-10(7-11)8-14-2/h4-7,12-13H,3,8-9H2,1-2H3. The minimum absolute atomic E-state index is 0.340. The summed E-state index contributed by atoms with van der Waals surface area (Å²) in [5.74, 6) is 0. The number of rotatable bonds is 6. The van der Waals surface area contributed by atoms with Crippen molar-refractivity contribution in [2.75, 3.05) is 20.3 Å². The molecule has 0 bridgehead atoms. The Kier molecular flexibility index (Phi) is 5.32. The molecule has 0 radical (unpaired) electrons. The van der Waals surface area contributed by atoms with Crippen LogP contribution in [0.1, 0.15) is 24.2 Å². The largest absolute Gasteiger partial charge is 0.386 e. The molecule has 84 valence electrons. The monoisotopic (exact) mass is 210 g/mol. The predicted molar refractivity (Wildman–Crippen MR) is 58.6 cm³/mol. The maximum absolute atomic E-state index is 9.78. The fourth-order valence-corrected chi connectivity index (χ4v) is 1.38. The van der Waals surface area contributed by atoms with Crippen LogP contribution < -0.4 is 0 Å². The Morgan fingerprint density at radius 2 is 2.20 bits per heavy atom. The van der Waals surface area contributed by atoms with Crippen LogP contribution in [-0.4, -0.2) is 25.4 Å². The third-order valence-corrected chi connectivity index (χ3v) is 2.13. The van der Waals surface area contributed by atoms with Crippen LogP contribution in [0.4, 0.5) is 0 Å². The van der Waals surface area contributed by atoms with E-state index in [2.05, 4.69) is 0 Å². The summed E-state index contributed by atoms with van der Waals surface area (Å²) in [5.41, 5.74) is 1.93. The average molecular weight is 210 g/mol. The zero-order valence-electron chi connectivity index (χ0n) is 9.27. The van der Waals surface area contributed by atoms with Gasteiger partial charge in [0, 0.05) is 13.7 Å². The third kappa shape index (κ3) is 4.00. The number of hydrogen-bond donors (Lipinski definition) is 1. The first-order valence-corrected chi connectivity index (χ1v) is 5.11. The molecule has 0 spiro atoms. The molecule has 1 rings (SSSR count). The summed E-state index contributed by atoms with van der Waals surface area (Å²) in [5, 5.41) is 9.78. The van der Waals surface area contributed by atoms with Crippen molar-refractivity contribution in [2.24, 2.45) is 0 Å². The number of benzene rings is 1. The first-order chi connectivity index (χ1) is 7.27. The first-order valence-electron chi connectivity index (χ1n) is 5.11. The summed E-state index contributed by atoms with van der Waals surface area (Å²) in [6.45, 7) is 3.44. The lowest BCUT2D eigenvalue weighted by atomic mass is 10.1. The Hall–Kier alpha value is -0.900. The Morgan fingerprint density at radius 1 is 1.40 bits per heavy atom. The average Bonchev–Trinajstić information content (AvgIpc) is 2.27. The van der Waals surface area contributed by atoms with Gasteiger partial charge in [0.15, 0.2) is 0 Å². The SMILES string of the molecule is CCOCC(O)c1cccc(COC)c1. The number of ether oxygens (including phenoxy) is 2. The van der Waals surface area contributed by atoms with Gasteiger partial charge in [0.2, 0.25) is 0 Å². The van der Waals surface area contributed by atoms with Gasteiger partial charge >= 0.3 is 0 Å². The minimum Gasteiger partial charge on any atom is -0.386 e. The zero-order valence-corrected chi connectivity index (χ0v) is 9.27. The van der Waals surface area contributed by atoms with Gasteiger partial charge in [-0.15, -0.1) is 0 Å². The fourth-order valence-electron chi connectivity index (χ4n) is 1.38. The number of methoxy groups -OCH3 is 1. The molecule has 0 aliphatic carbocycles. The number of hydrogen-bond acceptors (Lipinski definition) is 3. The van der Waals surface area contributed by atoms with E-state index in [9.17, 15) is 5.11 Å². The second-order valence-corrected chi connectivity index (χ2v) is 3.35. The highest BCUT2D eigenvalue weighted by Gasteiger charge is 2.07. The molecule has 1 aromatic carbocycles. The topological polar surface area (TPSA) is 38.7 Å². The van der Waals surface area contributed by atoms with Gasteiger partial charge in [-0.3, -0.25) is 0 Å². The van der Waals surface area contributed by atoms with Crippen LogP contribution in [0.3, 0.4) is 0 Å². The van der Waals surface area contributed by atoms with Crippen molar-refractivity contribution in [1.29, 1.82) is 0 Å². The van der Waals surface area contributed by atoms with Crippen molar-refractivity contribution < 1.29 is 14.6 Å². The molecule has 15 heavy (non-hydrogen) atoms. The van der Waals surface area contributed by atoms with Crippen molar-refractivity contribution in [3.63, 3.8) is 0 Å². The van der Waals surface area contributed by atoms with E-state index in [0.717, 1.165) is 11.1 Å². The quantitative estimate of drug-likeness (QED) is 0.779. The van der Waals surface area contributed by atoms with Gasteiger partial charge in [0.1, 0.15) is 6.10 Å². The van der Waals surface area contributed by atoms with Crippen LogP contribution in [0.2, 0.25) is 0 Å². The van der Waals surface area contributed by atoms with Crippen molar-refractivity contribution in [3.05, 3.63) is 35.4 Å². The van der Waals surface area contributed by atoms with Gasteiger partial charge in [-0.2, -0.15) is 0 Å². The Morgan fingerprint density at radius 3 is 2.87 bits per heavy atom. The highest BCUT2D eigenvalue weighted by molar-refractivity contribution is 5.24. The van der Waals surface area contributed by atoms with Gasteiger partial charge in [-0.25, -0.2) is 0 Å². The zero-order chi connectivity index (χ0) is 11.1. The molecular formula is C12H18O3. The molecule has 0 aliphatic rings. The normalized spacial score (nSPS) is 12.7. The van der Waals surface area contributed by atoms with Crippen LogP contribution >= 0.6 is 0 Å². The highest BCUT2D eigenvalue weighted by atomic mass is 16.5. The number of aliphatic hydroxyl groups excluding tert-OH is 1. The number of aliphatic hydroxyl groups is 1. The molecule has 0 fully saturated rings. The maximum atomic E-state index is 9.78. The molecular weight excluding hydrogens is 192 g/mol. The van der Waals surface area contributed by atoms with Gasteiger partial charge < -0.3 is 14.6 Å². The van der Waals surface area contributed by atoms with Gasteiger partial charge in [-0.05, 0) is 18.1 Å². The van der Waals surface area contributed by atoms with E-state index >= 15 is 0 Å². The van der Waals surface area contributed by atoms with Crippen molar-refractivity contribution in [3.8, 4) is 0 Å². The molecule has 1 N–H and O–H groups in total. The van der Waals surface area contributed by atoms with Crippen LogP contribution in [0.5, 0.6) is 0 Å². The van der Waals surface area contributed by atoms with Gasteiger partial charge in [-0.1, -0.05) is 24.3 Å². The molecule has 0 saturated heterocycles. The van der Waals surface area contributed by atoms with Crippen molar-refractivity contribution in [1.82, 2.24) is 0 Å². The summed E-state index contributed by atoms with van der Waals surface area (Å²) in [6.07, 6.45) is -0.554. The van der Waals surface area contributed by atoms with E-state index in [4.69, 9.17) is 9.47 Å². The van der Waals surface area contributed by atoms with E-state index in [1.54, 1.807) is 7.11 Å². The Bertz CT molecular complexity index is 286. The Balaban J connectivity index is 2.62. The summed E-state index contributed by atoms with van der Waals surface area (Å²) >= 11 is 0.